The zero-order valence-electron chi connectivity index (χ0n) is 17.5. The predicted octanol–water partition coefficient (Wildman–Crippen LogP) is 5.12. The first kappa shape index (κ1) is 20.7. The van der Waals surface area contributed by atoms with Crippen molar-refractivity contribution >= 4 is 34.1 Å². The number of rotatable bonds is 5. The Labute approximate surface area is 181 Å². The van der Waals surface area contributed by atoms with Gasteiger partial charge in [-0.3, -0.25) is 9.59 Å². The lowest BCUT2D eigenvalue weighted by molar-refractivity contribution is 0.0981. The Morgan fingerprint density at radius 3 is 2.63 bits per heavy atom. The number of thioether (sulfide) groups is 1. The summed E-state index contributed by atoms with van der Waals surface area (Å²) in [5.41, 5.74) is 1.15. The molecular weight excluding hydrogens is 394 g/mol. The number of anilines is 1. The van der Waals surface area contributed by atoms with E-state index in [1.807, 2.05) is 41.3 Å². The van der Waals surface area contributed by atoms with E-state index in [2.05, 4.69) is 25.0 Å². The highest BCUT2D eigenvalue weighted by Gasteiger charge is 2.28. The average Bonchev–Trinajstić information content (AvgIpc) is 2.93. The normalized spacial score (nSPS) is 16.3. The van der Waals surface area contributed by atoms with E-state index >= 15 is 0 Å². The monoisotopic (exact) mass is 421 g/mol. The zero-order valence-corrected chi connectivity index (χ0v) is 18.3. The number of carbonyl (C=O) groups excluding carboxylic acids is 1. The Bertz CT molecular complexity index is 1120. The molecule has 0 saturated carbocycles. The van der Waals surface area contributed by atoms with Gasteiger partial charge in [-0.2, -0.15) is 5.10 Å². The topological polar surface area (TPSA) is 55.2 Å². The van der Waals surface area contributed by atoms with Crippen LogP contribution in [0.1, 0.15) is 50.0 Å². The van der Waals surface area contributed by atoms with Crippen molar-refractivity contribution in [3.05, 3.63) is 64.6 Å². The molecule has 0 aliphatic carbocycles. The van der Waals surface area contributed by atoms with Crippen molar-refractivity contribution in [2.45, 2.75) is 56.2 Å². The second-order valence-electron chi connectivity index (χ2n) is 7.77. The van der Waals surface area contributed by atoms with E-state index in [-0.39, 0.29) is 11.5 Å². The quantitative estimate of drug-likeness (QED) is 0.537. The van der Waals surface area contributed by atoms with Gasteiger partial charge in [0.1, 0.15) is 0 Å². The van der Waals surface area contributed by atoms with Gasteiger partial charge in [-0.15, -0.1) is 11.8 Å². The molecule has 4 rings (SSSR count). The van der Waals surface area contributed by atoms with Crippen LogP contribution >= 0.6 is 11.8 Å². The molecule has 0 saturated heterocycles. The van der Waals surface area contributed by atoms with Crippen LogP contribution in [-0.4, -0.2) is 27.5 Å². The Balaban J connectivity index is 1.81. The van der Waals surface area contributed by atoms with Crippen LogP contribution in [0.5, 0.6) is 0 Å². The van der Waals surface area contributed by atoms with Crippen molar-refractivity contribution in [1.29, 1.82) is 0 Å². The van der Waals surface area contributed by atoms with Crippen LogP contribution in [0, 0.1) is 0 Å². The molecule has 156 valence electrons. The van der Waals surface area contributed by atoms with E-state index in [0.717, 1.165) is 36.3 Å². The van der Waals surface area contributed by atoms with E-state index < -0.39 is 0 Å². The molecule has 2 heterocycles. The standard InChI is InChI=1S/C24H27N3O2S/c1-3-4-9-15-27-23(28)19-11-6-5-10-18(19)22(25-27)24(29)26-16-14-17(2)30-21-13-8-7-12-20(21)26/h5-8,10-13,17H,3-4,9,14-16H2,1-2H3/t17-/m0/s1. The minimum absolute atomic E-state index is 0.126. The summed E-state index contributed by atoms with van der Waals surface area (Å²) in [5.74, 6) is -0.141. The second kappa shape index (κ2) is 9.04. The first-order chi connectivity index (χ1) is 14.6. The summed E-state index contributed by atoms with van der Waals surface area (Å²) >= 11 is 1.80. The molecule has 1 amide bonds. The van der Waals surface area contributed by atoms with Crippen molar-refractivity contribution < 1.29 is 4.79 Å². The summed E-state index contributed by atoms with van der Waals surface area (Å²) in [7, 11) is 0. The van der Waals surface area contributed by atoms with Crippen LogP contribution < -0.4 is 10.5 Å². The van der Waals surface area contributed by atoms with Gasteiger partial charge < -0.3 is 4.90 Å². The van der Waals surface area contributed by atoms with Crippen molar-refractivity contribution in [3.8, 4) is 0 Å². The van der Waals surface area contributed by atoms with Gasteiger partial charge in [-0.1, -0.05) is 57.0 Å². The molecular formula is C24H27N3O2S. The van der Waals surface area contributed by atoms with Gasteiger partial charge in [0, 0.05) is 28.6 Å². The summed E-state index contributed by atoms with van der Waals surface area (Å²) in [4.78, 5) is 29.7. The maximum absolute atomic E-state index is 13.8. The van der Waals surface area contributed by atoms with Crippen LogP contribution in [0.2, 0.25) is 0 Å². The Morgan fingerprint density at radius 2 is 1.83 bits per heavy atom. The van der Waals surface area contributed by atoms with Crippen molar-refractivity contribution in [2.75, 3.05) is 11.4 Å². The number of hydrogen-bond donors (Lipinski definition) is 0. The summed E-state index contributed by atoms with van der Waals surface area (Å²) in [6.07, 6.45) is 3.86. The number of aryl methyl sites for hydroxylation is 1. The maximum atomic E-state index is 13.8. The third-order valence-electron chi connectivity index (χ3n) is 5.53. The van der Waals surface area contributed by atoms with Crippen LogP contribution in [0.25, 0.3) is 10.8 Å². The molecule has 3 aromatic rings. The van der Waals surface area contributed by atoms with Gasteiger partial charge in [-0.25, -0.2) is 4.68 Å². The number of benzene rings is 2. The summed E-state index contributed by atoms with van der Waals surface area (Å²) in [6, 6.07) is 15.4. The molecule has 1 aliphatic rings. The minimum atomic E-state index is -0.141. The summed E-state index contributed by atoms with van der Waals surface area (Å²) in [6.45, 7) is 5.48. The fourth-order valence-electron chi connectivity index (χ4n) is 3.88. The lowest BCUT2D eigenvalue weighted by Crippen LogP contribution is -2.35. The second-order valence-corrected chi connectivity index (χ2v) is 9.25. The minimum Gasteiger partial charge on any atom is -0.306 e. The molecule has 0 N–H and O–H groups in total. The SMILES string of the molecule is CCCCCn1nc(C(=O)N2CC[C@H](C)Sc3ccccc32)c2ccccc2c1=O. The third-order valence-corrected chi connectivity index (χ3v) is 6.77. The summed E-state index contributed by atoms with van der Waals surface area (Å²) < 4.78 is 1.48. The fourth-order valence-corrected chi connectivity index (χ4v) is 4.99. The molecule has 1 aliphatic heterocycles. The summed E-state index contributed by atoms with van der Waals surface area (Å²) in [5, 5.41) is 6.18. The number of unbranched alkanes of at least 4 members (excludes halogenated alkanes) is 2. The van der Waals surface area contributed by atoms with Gasteiger partial charge in [-0.05, 0) is 31.0 Å². The zero-order chi connectivity index (χ0) is 21.1. The van der Waals surface area contributed by atoms with Gasteiger partial charge in [0.05, 0.1) is 11.1 Å². The number of aromatic nitrogens is 2. The number of carbonyl (C=O) groups is 1. The molecule has 0 fully saturated rings. The molecule has 5 nitrogen and oxygen atoms in total. The lowest BCUT2D eigenvalue weighted by atomic mass is 10.1. The van der Waals surface area contributed by atoms with Gasteiger partial charge in [0.25, 0.3) is 11.5 Å². The van der Waals surface area contributed by atoms with Crippen LogP contribution in [-0.2, 0) is 6.54 Å². The highest BCUT2D eigenvalue weighted by Crippen LogP contribution is 2.38. The average molecular weight is 422 g/mol. The molecule has 1 aromatic heterocycles. The van der Waals surface area contributed by atoms with E-state index in [1.165, 1.54) is 4.68 Å². The fraction of sp³-hybridized carbons (Fsp3) is 0.375. The van der Waals surface area contributed by atoms with Crippen molar-refractivity contribution in [2.24, 2.45) is 0 Å². The Kier molecular flexibility index (Phi) is 6.23. The highest BCUT2D eigenvalue weighted by molar-refractivity contribution is 8.00. The van der Waals surface area contributed by atoms with Crippen LogP contribution in [0.3, 0.4) is 0 Å². The first-order valence-electron chi connectivity index (χ1n) is 10.7. The smallest absolute Gasteiger partial charge is 0.279 e. The van der Waals surface area contributed by atoms with Gasteiger partial charge in [0.2, 0.25) is 0 Å². The molecule has 0 spiro atoms. The molecule has 6 heteroatoms. The maximum Gasteiger partial charge on any atom is 0.279 e. The molecule has 2 aromatic carbocycles. The molecule has 1 atom stereocenters. The Hall–Kier alpha value is -2.60. The number of amides is 1. The van der Waals surface area contributed by atoms with E-state index in [9.17, 15) is 9.59 Å². The predicted molar refractivity (Wildman–Crippen MR) is 124 cm³/mol. The number of para-hydroxylation sites is 1. The molecule has 0 radical (unpaired) electrons. The Morgan fingerprint density at radius 1 is 1.10 bits per heavy atom. The first-order valence-corrected chi connectivity index (χ1v) is 11.6. The molecule has 0 bridgehead atoms. The van der Waals surface area contributed by atoms with Crippen molar-refractivity contribution in [1.82, 2.24) is 9.78 Å². The van der Waals surface area contributed by atoms with E-state index in [1.54, 1.807) is 17.8 Å². The molecule has 0 unspecified atom stereocenters. The molecule has 30 heavy (non-hydrogen) atoms. The van der Waals surface area contributed by atoms with E-state index in [4.69, 9.17) is 0 Å². The van der Waals surface area contributed by atoms with Crippen molar-refractivity contribution in [3.63, 3.8) is 0 Å². The van der Waals surface area contributed by atoms with Crippen LogP contribution in [0.4, 0.5) is 5.69 Å². The van der Waals surface area contributed by atoms with E-state index in [0.29, 0.717) is 34.8 Å². The van der Waals surface area contributed by atoms with Crippen LogP contribution in [0.15, 0.2) is 58.2 Å². The van der Waals surface area contributed by atoms with Gasteiger partial charge >= 0.3 is 0 Å². The lowest BCUT2D eigenvalue weighted by Gasteiger charge is -2.23. The largest absolute Gasteiger partial charge is 0.306 e. The third kappa shape index (κ3) is 4.01. The van der Waals surface area contributed by atoms with Gasteiger partial charge in [0.15, 0.2) is 5.69 Å². The number of nitrogens with zero attached hydrogens (tertiary/aromatic N) is 3. The number of hydrogen-bond acceptors (Lipinski definition) is 4. The highest BCUT2D eigenvalue weighted by atomic mass is 32.2. The number of fused-ring (bicyclic) bond motifs is 2.